The van der Waals surface area contributed by atoms with Gasteiger partial charge in [-0.1, -0.05) is 6.58 Å². The minimum atomic E-state index is -0.709. The third kappa shape index (κ3) is 2.80. The molecule has 0 atom stereocenters. The second-order valence-corrected chi connectivity index (χ2v) is 3.00. The van der Waals surface area contributed by atoms with E-state index >= 15 is 0 Å². The lowest BCUT2D eigenvalue weighted by Crippen LogP contribution is -2.05. The smallest absolute Gasteiger partial charge is 0.221 e. The highest BCUT2D eigenvalue weighted by atomic mass is 19.1. The van der Waals surface area contributed by atoms with Crippen molar-refractivity contribution in [3.05, 3.63) is 41.9 Å². The summed E-state index contributed by atoms with van der Waals surface area (Å²) in [5, 5.41) is 9.01. The summed E-state index contributed by atoms with van der Waals surface area (Å²) in [5.74, 6) is -0.381. The Morgan fingerprint density at radius 2 is 2.20 bits per heavy atom. The second kappa shape index (κ2) is 4.59. The van der Waals surface area contributed by atoms with Crippen LogP contribution >= 0.6 is 0 Å². The van der Waals surface area contributed by atoms with Gasteiger partial charge in [-0.25, -0.2) is 4.39 Å². The summed E-state index contributed by atoms with van der Waals surface area (Å²) in [7, 11) is 1.53. The summed E-state index contributed by atoms with van der Waals surface area (Å²) in [6.45, 7) is 5.23. The lowest BCUT2D eigenvalue weighted by Gasteiger charge is -2.07. The SMILES string of the molecule is C=C(C)OC(=NC)c1ccc(O)c(F)c1. The predicted molar refractivity (Wildman–Crippen MR) is 56.4 cm³/mol. The number of nitrogens with zero attached hydrogens (tertiary/aromatic N) is 1. The number of allylic oxidation sites excluding steroid dienone is 1. The molecule has 0 spiro atoms. The van der Waals surface area contributed by atoms with Gasteiger partial charge in [0.05, 0.1) is 5.76 Å². The average Bonchev–Trinajstić information content (AvgIpc) is 2.18. The Balaban J connectivity index is 3.03. The molecule has 80 valence electrons. The van der Waals surface area contributed by atoms with Crippen molar-refractivity contribution in [2.75, 3.05) is 7.05 Å². The molecule has 1 aromatic rings. The van der Waals surface area contributed by atoms with Gasteiger partial charge in [-0.3, -0.25) is 4.99 Å². The fourth-order valence-corrected chi connectivity index (χ4v) is 1.04. The van der Waals surface area contributed by atoms with E-state index < -0.39 is 11.6 Å². The van der Waals surface area contributed by atoms with Crippen LogP contribution in [0.5, 0.6) is 5.75 Å². The van der Waals surface area contributed by atoms with Crippen molar-refractivity contribution in [3.63, 3.8) is 0 Å². The van der Waals surface area contributed by atoms with Gasteiger partial charge in [0.1, 0.15) is 0 Å². The quantitative estimate of drug-likeness (QED) is 0.462. The summed E-state index contributed by atoms with van der Waals surface area (Å²) < 4.78 is 18.2. The highest BCUT2D eigenvalue weighted by Gasteiger charge is 2.08. The van der Waals surface area contributed by atoms with Crippen molar-refractivity contribution >= 4 is 5.90 Å². The maximum atomic E-state index is 13.0. The summed E-state index contributed by atoms with van der Waals surface area (Å²) in [4.78, 5) is 3.85. The molecule has 0 amide bonds. The zero-order valence-corrected chi connectivity index (χ0v) is 8.62. The first-order chi connectivity index (χ1) is 7.04. The van der Waals surface area contributed by atoms with E-state index in [0.717, 1.165) is 6.07 Å². The van der Waals surface area contributed by atoms with Crippen LogP contribution < -0.4 is 0 Å². The lowest BCUT2D eigenvalue weighted by atomic mass is 10.2. The van der Waals surface area contributed by atoms with Gasteiger partial charge in [0.25, 0.3) is 0 Å². The van der Waals surface area contributed by atoms with Gasteiger partial charge in [0, 0.05) is 12.6 Å². The Morgan fingerprint density at radius 1 is 1.53 bits per heavy atom. The maximum Gasteiger partial charge on any atom is 0.221 e. The van der Waals surface area contributed by atoms with Crippen LogP contribution in [0.3, 0.4) is 0 Å². The molecular weight excluding hydrogens is 197 g/mol. The third-order valence-corrected chi connectivity index (χ3v) is 1.67. The molecule has 0 unspecified atom stereocenters. The van der Waals surface area contributed by atoms with E-state index in [2.05, 4.69) is 11.6 Å². The van der Waals surface area contributed by atoms with Crippen LogP contribution in [-0.4, -0.2) is 18.1 Å². The third-order valence-electron chi connectivity index (χ3n) is 1.67. The molecule has 0 bridgehead atoms. The molecule has 0 saturated heterocycles. The topological polar surface area (TPSA) is 41.8 Å². The molecule has 1 rings (SSSR count). The molecule has 1 N–H and O–H groups in total. The lowest BCUT2D eigenvalue weighted by molar-refractivity contribution is 0.418. The number of ether oxygens (including phenoxy) is 1. The van der Waals surface area contributed by atoms with Gasteiger partial charge in [0.15, 0.2) is 11.6 Å². The first kappa shape index (κ1) is 11.2. The molecule has 0 aliphatic heterocycles. The minimum absolute atomic E-state index is 0.265. The first-order valence-corrected chi connectivity index (χ1v) is 4.33. The fourth-order valence-electron chi connectivity index (χ4n) is 1.04. The molecule has 0 aliphatic rings. The number of benzene rings is 1. The molecule has 0 aliphatic carbocycles. The average molecular weight is 209 g/mol. The molecular formula is C11H12FNO2. The molecule has 0 radical (unpaired) electrons. The normalized spacial score (nSPS) is 11.3. The van der Waals surface area contributed by atoms with Gasteiger partial charge in [-0.05, 0) is 25.1 Å². The standard InChI is InChI=1S/C11H12FNO2/c1-7(2)15-11(13-3)8-4-5-10(14)9(12)6-8/h4-6,14H,1H2,2-3H3. The molecule has 0 aromatic heterocycles. The molecule has 1 aromatic carbocycles. The molecule has 0 fully saturated rings. The molecule has 15 heavy (non-hydrogen) atoms. The van der Waals surface area contributed by atoms with Gasteiger partial charge in [-0.15, -0.1) is 0 Å². The van der Waals surface area contributed by atoms with Crippen molar-refractivity contribution in [2.24, 2.45) is 4.99 Å². The second-order valence-electron chi connectivity index (χ2n) is 3.00. The number of halogens is 1. The first-order valence-electron chi connectivity index (χ1n) is 4.33. The van der Waals surface area contributed by atoms with Gasteiger partial charge in [0.2, 0.25) is 5.90 Å². The summed E-state index contributed by atoms with van der Waals surface area (Å²) >= 11 is 0. The zero-order valence-electron chi connectivity index (χ0n) is 8.62. The van der Waals surface area contributed by atoms with Gasteiger partial charge < -0.3 is 9.84 Å². The Bertz CT molecular complexity index is 413. The molecule has 3 nitrogen and oxygen atoms in total. The summed E-state index contributed by atoms with van der Waals surface area (Å²) in [6, 6.07) is 3.92. The number of phenolic OH excluding ortho intramolecular Hbond substituents is 1. The zero-order chi connectivity index (χ0) is 11.4. The number of hydrogen-bond donors (Lipinski definition) is 1. The Kier molecular flexibility index (Phi) is 3.44. The Hall–Kier alpha value is -1.84. The van der Waals surface area contributed by atoms with Crippen LogP contribution in [0.25, 0.3) is 0 Å². The van der Waals surface area contributed by atoms with E-state index in [0.29, 0.717) is 11.3 Å². The maximum absolute atomic E-state index is 13.0. The van der Waals surface area contributed by atoms with Crippen LogP contribution in [0.1, 0.15) is 12.5 Å². The Morgan fingerprint density at radius 3 is 2.67 bits per heavy atom. The van der Waals surface area contributed by atoms with Crippen molar-refractivity contribution < 1.29 is 14.2 Å². The van der Waals surface area contributed by atoms with E-state index in [1.807, 2.05) is 0 Å². The van der Waals surface area contributed by atoms with Crippen LogP contribution in [0.2, 0.25) is 0 Å². The number of aromatic hydroxyl groups is 1. The van der Waals surface area contributed by atoms with E-state index in [9.17, 15) is 4.39 Å². The van der Waals surface area contributed by atoms with Crippen LogP contribution in [0.4, 0.5) is 4.39 Å². The Labute approximate surface area is 87.5 Å². The van der Waals surface area contributed by atoms with Crippen molar-refractivity contribution in [2.45, 2.75) is 6.92 Å². The van der Waals surface area contributed by atoms with E-state index in [4.69, 9.17) is 9.84 Å². The van der Waals surface area contributed by atoms with Crippen LogP contribution in [0.15, 0.2) is 35.5 Å². The van der Waals surface area contributed by atoms with E-state index in [1.165, 1.54) is 19.2 Å². The molecule has 0 saturated carbocycles. The number of hydrogen-bond acceptors (Lipinski definition) is 3. The van der Waals surface area contributed by atoms with Crippen molar-refractivity contribution in [1.29, 1.82) is 0 Å². The summed E-state index contributed by atoms with van der Waals surface area (Å²) in [6.07, 6.45) is 0. The van der Waals surface area contributed by atoms with E-state index in [-0.39, 0.29) is 5.90 Å². The van der Waals surface area contributed by atoms with Crippen LogP contribution in [0, 0.1) is 5.82 Å². The molecule has 0 heterocycles. The van der Waals surface area contributed by atoms with Crippen molar-refractivity contribution in [1.82, 2.24) is 0 Å². The number of aliphatic imine (C=N–C) groups is 1. The minimum Gasteiger partial charge on any atom is -0.505 e. The fraction of sp³-hybridized carbons (Fsp3) is 0.182. The number of rotatable bonds is 2. The molecule has 4 heteroatoms. The van der Waals surface area contributed by atoms with E-state index in [1.54, 1.807) is 6.92 Å². The predicted octanol–water partition coefficient (Wildman–Crippen LogP) is 2.46. The number of phenols is 1. The largest absolute Gasteiger partial charge is 0.505 e. The van der Waals surface area contributed by atoms with Gasteiger partial charge in [-0.2, -0.15) is 0 Å². The van der Waals surface area contributed by atoms with Crippen molar-refractivity contribution in [3.8, 4) is 5.75 Å². The highest BCUT2D eigenvalue weighted by molar-refractivity contribution is 5.94. The highest BCUT2D eigenvalue weighted by Crippen LogP contribution is 2.17. The van der Waals surface area contributed by atoms with Crippen LogP contribution in [-0.2, 0) is 4.74 Å². The summed E-state index contributed by atoms with van der Waals surface area (Å²) in [5.41, 5.74) is 0.454. The van der Waals surface area contributed by atoms with Gasteiger partial charge >= 0.3 is 0 Å². The monoisotopic (exact) mass is 209 g/mol.